The molecule has 5 rings (SSSR count). The number of carbonyl (C=O) groups is 2. The van der Waals surface area contributed by atoms with Crippen LogP contribution in [0.4, 0.5) is 0 Å². The molecule has 6 unspecified atom stereocenters. The topological polar surface area (TPSA) is 200 Å². The lowest BCUT2D eigenvalue weighted by atomic mass is 9.71. The van der Waals surface area contributed by atoms with Crippen molar-refractivity contribution in [2.45, 2.75) is 75.5 Å². The van der Waals surface area contributed by atoms with Crippen molar-refractivity contribution >= 4 is 11.6 Å². The van der Waals surface area contributed by atoms with E-state index in [1.807, 2.05) is 0 Å². The third-order valence-electron chi connectivity index (χ3n) is 7.75. The number of phenols is 3. The summed E-state index contributed by atoms with van der Waals surface area (Å²) in [5, 5.41) is 64.7. The standard InChI is InChI=1S/C26H29NO10/c1-9-21(30)13(27)6-16(36-9)37-15-8-26(35,10(2)28)7-12-18(15)25(34)20-19(23(12)32)22(31)11-4-3-5-14(29)17(11)24(20)33/h3-5,9-10,13,15-16,21,28-30,32,34-35H,6-8,27H2,1-2H3/t9?,10?,13?,15?,16?,21?,26-/m0/s1. The Balaban J connectivity index is 1.67. The van der Waals surface area contributed by atoms with Crippen LogP contribution in [0.25, 0.3) is 0 Å². The number of ketones is 2. The summed E-state index contributed by atoms with van der Waals surface area (Å²) in [6.07, 6.45) is -5.63. The van der Waals surface area contributed by atoms with Gasteiger partial charge in [0.05, 0.1) is 46.7 Å². The zero-order chi connectivity index (χ0) is 27.0. The van der Waals surface area contributed by atoms with E-state index >= 15 is 0 Å². The molecular formula is C26H29NO10. The van der Waals surface area contributed by atoms with E-state index in [-0.39, 0.29) is 41.5 Å². The number of ether oxygens (including phenoxy) is 2. The van der Waals surface area contributed by atoms with Gasteiger partial charge in [-0.25, -0.2) is 0 Å². The molecule has 0 saturated carbocycles. The van der Waals surface area contributed by atoms with Crippen LogP contribution in [0, 0.1) is 0 Å². The quantitative estimate of drug-likeness (QED) is 0.240. The van der Waals surface area contributed by atoms with Crippen LogP contribution in [0.15, 0.2) is 18.2 Å². The Bertz CT molecular complexity index is 1290. The molecule has 1 aliphatic heterocycles. The molecule has 2 aromatic rings. The molecule has 0 amide bonds. The fourth-order valence-electron chi connectivity index (χ4n) is 5.58. The number of phenolic OH excluding ortho intramolecular Hbond substituents is 3. The Hall–Kier alpha value is -3.06. The normalized spacial score (nSPS) is 31.9. The van der Waals surface area contributed by atoms with Gasteiger partial charge >= 0.3 is 0 Å². The molecular weight excluding hydrogens is 486 g/mol. The summed E-state index contributed by atoms with van der Waals surface area (Å²) in [5.41, 5.74) is 2.69. The van der Waals surface area contributed by atoms with Crippen molar-refractivity contribution in [3.63, 3.8) is 0 Å². The van der Waals surface area contributed by atoms with E-state index in [9.17, 15) is 40.2 Å². The van der Waals surface area contributed by atoms with E-state index in [1.54, 1.807) is 6.92 Å². The number of fused-ring (bicyclic) bond motifs is 3. The van der Waals surface area contributed by atoms with E-state index in [0.717, 1.165) is 0 Å². The summed E-state index contributed by atoms with van der Waals surface area (Å²) >= 11 is 0. The van der Waals surface area contributed by atoms with Crippen molar-refractivity contribution in [2.75, 3.05) is 0 Å². The van der Waals surface area contributed by atoms with Gasteiger partial charge < -0.3 is 45.8 Å². The molecule has 1 heterocycles. The van der Waals surface area contributed by atoms with Crippen LogP contribution in [-0.4, -0.2) is 78.5 Å². The van der Waals surface area contributed by atoms with Gasteiger partial charge in [-0.05, 0) is 19.9 Å². The number of aliphatic hydroxyl groups excluding tert-OH is 2. The van der Waals surface area contributed by atoms with Gasteiger partial charge in [-0.2, -0.15) is 0 Å². The maximum absolute atomic E-state index is 13.4. The second-order valence-electron chi connectivity index (χ2n) is 10.1. The largest absolute Gasteiger partial charge is 0.507 e. The average Bonchev–Trinajstić information content (AvgIpc) is 2.82. The Morgan fingerprint density at radius 1 is 1.11 bits per heavy atom. The average molecular weight is 516 g/mol. The lowest BCUT2D eigenvalue weighted by molar-refractivity contribution is -0.250. The SMILES string of the molecule is CC1OC(OC2C[C@](O)(C(C)O)Cc3c(O)c4c(c(O)c32)C(=O)c2c(O)cccc2C4=O)CC(N)C1O. The molecule has 0 bridgehead atoms. The summed E-state index contributed by atoms with van der Waals surface area (Å²) in [5.74, 6) is -3.37. The Morgan fingerprint density at radius 2 is 1.78 bits per heavy atom. The molecule has 1 fully saturated rings. The zero-order valence-electron chi connectivity index (χ0n) is 20.2. The van der Waals surface area contributed by atoms with Crippen LogP contribution < -0.4 is 5.73 Å². The van der Waals surface area contributed by atoms with Crippen LogP contribution in [-0.2, 0) is 15.9 Å². The molecule has 0 spiro atoms. The van der Waals surface area contributed by atoms with Gasteiger partial charge in [-0.3, -0.25) is 9.59 Å². The third kappa shape index (κ3) is 3.81. The van der Waals surface area contributed by atoms with Crippen molar-refractivity contribution in [3.8, 4) is 17.2 Å². The number of carbonyl (C=O) groups excluding carboxylic acids is 2. The third-order valence-corrected chi connectivity index (χ3v) is 7.75. The molecule has 198 valence electrons. The van der Waals surface area contributed by atoms with Gasteiger partial charge in [-0.1, -0.05) is 12.1 Å². The molecule has 3 aliphatic rings. The first kappa shape index (κ1) is 25.6. The monoisotopic (exact) mass is 515 g/mol. The highest BCUT2D eigenvalue weighted by Crippen LogP contribution is 2.52. The summed E-state index contributed by atoms with van der Waals surface area (Å²) in [7, 11) is 0. The summed E-state index contributed by atoms with van der Waals surface area (Å²) < 4.78 is 11.8. The molecule has 11 nitrogen and oxygen atoms in total. The minimum absolute atomic E-state index is 0.0439. The molecule has 8 N–H and O–H groups in total. The first-order chi connectivity index (χ1) is 17.4. The van der Waals surface area contributed by atoms with Crippen molar-refractivity contribution in [1.82, 2.24) is 0 Å². The fourth-order valence-corrected chi connectivity index (χ4v) is 5.58. The number of aromatic hydroxyl groups is 3. The van der Waals surface area contributed by atoms with E-state index in [0.29, 0.717) is 0 Å². The van der Waals surface area contributed by atoms with Crippen molar-refractivity contribution in [1.29, 1.82) is 0 Å². The van der Waals surface area contributed by atoms with Crippen molar-refractivity contribution < 1.29 is 49.7 Å². The predicted molar refractivity (Wildman–Crippen MR) is 126 cm³/mol. The van der Waals surface area contributed by atoms with Crippen LogP contribution in [0.1, 0.15) is 75.8 Å². The molecule has 2 aromatic carbocycles. The lowest BCUT2D eigenvalue weighted by Gasteiger charge is -2.43. The van der Waals surface area contributed by atoms with E-state index in [4.69, 9.17) is 15.2 Å². The molecule has 1 saturated heterocycles. The first-order valence-corrected chi connectivity index (χ1v) is 12.0. The predicted octanol–water partition coefficient (Wildman–Crippen LogP) is 0.518. The minimum atomic E-state index is -1.82. The van der Waals surface area contributed by atoms with E-state index in [1.165, 1.54) is 25.1 Å². The second-order valence-corrected chi connectivity index (χ2v) is 10.1. The van der Waals surface area contributed by atoms with E-state index < -0.39 is 82.3 Å². The summed E-state index contributed by atoms with van der Waals surface area (Å²) in [6, 6.07) is 3.25. The zero-order valence-corrected chi connectivity index (χ0v) is 20.2. The number of nitrogens with two attached hydrogens (primary N) is 1. The Morgan fingerprint density at radius 3 is 2.43 bits per heavy atom. The van der Waals surface area contributed by atoms with Gasteiger partial charge in [0.2, 0.25) is 5.78 Å². The smallest absolute Gasteiger partial charge is 0.202 e. The highest BCUT2D eigenvalue weighted by atomic mass is 16.7. The van der Waals surface area contributed by atoms with Gasteiger partial charge in [0.1, 0.15) is 17.2 Å². The molecule has 37 heavy (non-hydrogen) atoms. The molecule has 0 radical (unpaired) electrons. The maximum atomic E-state index is 13.4. The van der Waals surface area contributed by atoms with Crippen LogP contribution >= 0.6 is 0 Å². The molecule has 2 aliphatic carbocycles. The van der Waals surface area contributed by atoms with Gasteiger partial charge in [0.25, 0.3) is 0 Å². The van der Waals surface area contributed by atoms with E-state index in [2.05, 4.69) is 0 Å². The highest BCUT2D eigenvalue weighted by Gasteiger charge is 2.49. The number of aliphatic hydroxyl groups is 3. The van der Waals surface area contributed by atoms with Crippen LogP contribution in [0.5, 0.6) is 17.2 Å². The number of hydrogen-bond donors (Lipinski definition) is 7. The number of benzene rings is 2. The first-order valence-electron chi connectivity index (χ1n) is 12.0. The maximum Gasteiger partial charge on any atom is 0.202 e. The number of rotatable bonds is 3. The van der Waals surface area contributed by atoms with Gasteiger partial charge in [-0.15, -0.1) is 0 Å². The summed E-state index contributed by atoms with van der Waals surface area (Å²) in [4.78, 5) is 26.7. The fraction of sp³-hybridized carbons (Fsp3) is 0.462. The van der Waals surface area contributed by atoms with Crippen LogP contribution in [0.2, 0.25) is 0 Å². The Labute approximate surface area is 211 Å². The molecule has 7 atom stereocenters. The van der Waals surface area contributed by atoms with Crippen molar-refractivity contribution in [2.24, 2.45) is 5.73 Å². The minimum Gasteiger partial charge on any atom is -0.507 e. The van der Waals surface area contributed by atoms with Gasteiger partial charge in [0.15, 0.2) is 12.1 Å². The van der Waals surface area contributed by atoms with Gasteiger partial charge in [0, 0.05) is 42.0 Å². The highest BCUT2D eigenvalue weighted by molar-refractivity contribution is 6.31. The van der Waals surface area contributed by atoms with Crippen LogP contribution in [0.3, 0.4) is 0 Å². The second kappa shape index (κ2) is 8.76. The molecule has 0 aromatic heterocycles. The number of hydrogen-bond acceptors (Lipinski definition) is 11. The lowest BCUT2D eigenvalue weighted by Crippen LogP contribution is -2.53. The molecule has 11 heteroatoms. The summed E-state index contributed by atoms with van der Waals surface area (Å²) in [6.45, 7) is 2.96. The Kier molecular flexibility index (Phi) is 6.06. The van der Waals surface area contributed by atoms with Crippen molar-refractivity contribution in [3.05, 3.63) is 51.6 Å².